The summed E-state index contributed by atoms with van der Waals surface area (Å²) in [7, 11) is 0. The molecule has 2 heterocycles. The molecule has 1 aliphatic rings. The van der Waals surface area contributed by atoms with Gasteiger partial charge in [0.2, 0.25) is 0 Å². The van der Waals surface area contributed by atoms with Crippen LogP contribution in [-0.2, 0) is 0 Å². The molecule has 2 rings (SSSR count). The molecule has 1 aromatic rings. The summed E-state index contributed by atoms with van der Waals surface area (Å²) in [4.78, 5) is 15.3. The Morgan fingerprint density at radius 2 is 2.37 bits per heavy atom. The first-order valence-electron chi connectivity index (χ1n) is 6.22. The molecule has 5 heteroatoms. The SMILES string of the molecule is CC1(C)CN(C(=O)c2csc(C#CCN)c2)CCS1. The van der Waals surface area contributed by atoms with Gasteiger partial charge in [-0.05, 0) is 19.9 Å². The molecule has 1 fully saturated rings. The molecule has 19 heavy (non-hydrogen) atoms. The van der Waals surface area contributed by atoms with Crippen LogP contribution in [0.25, 0.3) is 0 Å². The summed E-state index contributed by atoms with van der Waals surface area (Å²) in [5.41, 5.74) is 6.09. The highest BCUT2D eigenvalue weighted by molar-refractivity contribution is 8.00. The van der Waals surface area contributed by atoms with Crippen LogP contribution in [0.15, 0.2) is 11.4 Å². The van der Waals surface area contributed by atoms with Crippen LogP contribution < -0.4 is 5.73 Å². The van der Waals surface area contributed by atoms with Gasteiger partial charge in [0, 0.05) is 29.0 Å². The summed E-state index contributed by atoms with van der Waals surface area (Å²) < 4.78 is 0.145. The first kappa shape index (κ1) is 14.4. The summed E-state index contributed by atoms with van der Waals surface area (Å²) in [6, 6.07) is 1.87. The molecule has 1 amide bonds. The topological polar surface area (TPSA) is 46.3 Å². The van der Waals surface area contributed by atoms with E-state index in [0.29, 0.717) is 6.54 Å². The van der Waals surface area contributed by atoms with Crippen molar-refractivity contribution in [3.8, 4) is 11.8 Å². The van der Waals surface area contributed by atoms with Crippen molar-refractivity contribution in [2.75, 3.05) is 25.4 Å². The van der Waals surface area contributed by atoms with Crippen LogP contribution in [-0.4, -0.2) is 40.9 Å². The molecule has 1 saturated heterocycles. The Morgan fingerprint density at radius 1 is 1.58 bits per heavy atom. The predicted molar refractivity (Wildman–Crippen MR) is 82.7 cm³/mol. The monoisotopic (exact) mass is 294 g/mol. The molecule has 0 saturated carbocycles. The molecular weight excluding hydrogens is 276 g/mol. The van der Waals surface area contributed by atoms with Gasteiger partial charge in [-0.1, -0.05) is 11.8 Å². The largest absolute Gasteiger partial charge is 0.336 e. The number of hydrogen-bond donors (Lipinski definition) is 1. The van der Waals surface area contributed by atoms with Crippen LogP contribution in [0.5, 0.6) is 0 Å². The summed E-state index contributed by atoms with van der Waals surface area (Å²) in [6.07, 6.45) is 0. The van der Waals surface area contributed by atoms with Crippen molar-refractivity contribution in [2.45, 2.75) is 18.6 Å². The molecule has 1 aromatic heterocycles. The highest BCUT2D eigenvalue weighted by atomic mass is 32.2. The van der Waals surface area contributed by atoms with Crippen molar-refractivity contribution in [1.29, 1.82) is 0 Å². The van der Waals surface area contributed by atoms with Crippen molar-refractivity contribution in [1.82, 2.24) is 4.90 Å². The second kappa shape index (κ2) is 6.00. The molecule has 0 radical (unpaired) electrons. The average molecular weight is 294 g/mol. The van der Waals surface area contributed by atoms with Crippen LogP contribution in [0.3, 0.4) is 0 Å². The van der Waals surface area contributed by atoms with Crippen LogP contribution in [0, 0.1) is 11.8 Å². The third kappa shape index (κ3) is 3.75. The van der Waals surface area contributed by atoms with E-state index in [4.69, 9.17) is 5.73 Å². The number of nitrogens with two attached hydrogens (primary N) is 1. The summed E-state index contributed by atoms with van der Waals surface area (Å²) in [5.74, 6) is 6.90. The van der Waals surface area contributed by atoms with Gasteiger partial charge in [-0.3, -0.25) is 4.79 Å². The normalized spacial score (nSPS) is 17.7. The number of nitrogens with zero attached hydrogens (tertiary/aromatic N) is 1. The maximum atomic E-state index is 12.4. The van der Waals surface area contributed by atoms with E-state index in [1.165, 1.54) is 11.3 Å². The molecule has 0 aromatic carbocycles. The minimum absolute atomic E-state index is 0.116. The number of thioether (sulfide) groups is 1. The summed E-state index contributed by atoms with van der Waals surface area (Å²) in [6.45, 7) is 6.34. The highest BCUT2D eigenvalue weighted by Crippen LogP contribution is 2.30. The van der Waals surface area contributed by atoms with E-state index in [-0.39, 0.29) is 10.7 Å². The average Bonchev–Trinajstić information content (AvgIpc) is 2.83. The molecule has 3 nitrogen and oxygen atoms in total. The van der Waals surface area contributed by atoms with Crippen molar-refractivity contribution in [3.63, 3.8) is 0 Å². The number of thiophene rings is 1. The minimum Gasteiger partial charge on any atom is -0.336 e. The molecule has 0 bridgehead atoms. The number of rotatable bonds is 1. The Kier molecular flexibility index (Phi) is 4.56. The van der Waals surface area contributed by atoms with Gasteiger partial charge in [0.15, 0.2) is 0 Å². The van der Waals surface area contributed by atoms with E-state index < -0.39 is 0 Å². The van der Waals surface area contributed by atoms with E-state index in [0.717, 1.165) is 29.3 Å². The van der Waals surface area contributed by atoms with E-state index in [9.17, 15) is 4.79 Å². The van der Waals surface area contributed by atoms with Gasteiger partial charge < -0.3 is 10.6 Å². The Balaban J connectivity index is 2.09. The lowest BCUT2D eigenvalue weighted by Crippen LogP contribution is -2.46. The Hall–Kier alpha value is -0.960. The van der Waals surface area contributed by atoms with E-state index in [1.807, 2.05) is 28.1 Å². The van der Waals surface area contributed by atoms with Crippen molar-refractivity contribution in [2.24, 2.45) is 5.73 Å². The number of amides is 1. The summed E-state index contributed by atoms with van der Waals surface area (Å²) >= 11 is 3.43. The Labute approximate surface area is 122 Å². The highest BCUT2D eigenvalue weighted by Gasteiger charge is 2.30. The molecular formula is C14H18N2OS2. The fourth-order valence-electron chi connectivity index (χ4n) is 2.02. The molecule has 0 atom stereocenters. The zero-order valence-corrected chi connectivity index (χ0v) is 12.9. The maximum Gasteiger partial charge on any atom is 0.254 e. The Morgan fingerprint density at radius 3 is 3.05 bits per heavy atom. The van der Waals surface area contributed by atoms with Gasteiger partial charge in [-0.15, -0.1) is 11.3 Å². The van der Waals surface area contributed by atoms with Gasteiger partial charge in [-0.2, -0.15) is 11.8 Å². The molecule has 2 N–H and O–H groups in total. The molecule has 0 aliphatic carbocycles. The van der Waals surface area contributed by atoms with Gasteiger partial charge in [-0.25, -0.2) is 0 Å². The van der Waals surface area contributed by atoms with Gasteiger partial charge in [0.1, 0.15) is 0 Å². The lowest BCUT2D eigenvalue weighted by molar-refractivity contribution is 0.0748. The zero-order valence-electron chi connectivity index (χ0n) is 11.2. The van der Waals surface area contributed by atoms with Gasteiger partial charge in [0.25, 0.3) is 5.91 Å². The fourth-order valence-corrected chi connectivity index (χ4v) is 3.88. The second-order valence-corrected chi connectivity index (χ2v) is 7.75. The molecule has 0 spiro atoms. The third-order valence-electron chi connectivity index (χ3n) is 2.87. The second-order valence-electron chi connectivity index (χ2n) is 5.04. The van der Waals surface area contributed by atoms with Crippen LogP contribution >= 0.6 is 23.1 Å². The van der Waals surface area contributed by atoms with Gasteiger partial charge >= 0.3 is 0 Å². The van der Waals surface area contributed by atoms with Crippen molar-refractivity contribution < 1.29 is 4.79 Å². The third-order valence-corrected chi connectivity index (χ3v) is 5.02. The smallest absolute Gasteiger partial charge is 0.254 e. The standard InChI is InChI=1S/C14H18N2OS2/c1-14(2)10-16(6-7-19-14)13(17)11-8-12(18-9-11)4-3-5-15/h8-9H,5-7,10,15H2,1-2H3. The first-order chi connectivity index (χ1) is 9.02. The van der Waals surface area contributed by atoms with E-state index in [1.54, 1.807) is 0 Å². The van der Waals surface area contributed by atoms with E-state index >= 15 is 0 Å². The lowest BCUT2D eigenvalue weighted by Gasteiger charge is -2.37. The maximum absolute atomic E-state index is 12.4. The van der Waals surface area contributed by atoms with Crippen molar-refractivity contribution >= 4 is 29.0 Å². The van der Waals surface area contributed by atoms with Crippen LogP contribution in [0.1, 0.15) is 29.1 Å². The first-order valence-corrected chi connectivity index (χ1v) is 8.09. The zero-order chi connectivity index (χ0) is 13.9. The molecule has 102 valence electrons. The number of carbonyl (C=O) groups excluding carboxylic acids is 1. The van der Waals surface area contributed by atoms with Gasteiger partial charge in [0.05, 0.1) is 17.0 Å². The lowest BCUT2D eigenvalue weighted by atomic mass is 10.1. The van der Waals surface area contributed by atoms with Crippen LogP contribution in [0.4, 0.5) is 0 Å². The quantitative estimate of drug-likeness (QED) is 0.806. The number of hydrogen-bond acceptors (Lipinski definition) is 4. The predicted octanol–water partition coefficient (Wildman–Crippen LogP) is 2.03. The summed E-state index contributed by atoms with van der Waals surface area (Å²) in [5, 5.41) is 1.89. The van der Waals surface area contributed by atoms with E-state index in [2.05, 4.69) is 25.7 Å². The Bertz CT molecular complexity index is 525. The van der Waals surface area contributed by atoms with Crippen molar-refractivity contribution in [3.05, 3.63) is 21.9 Å². The fraction of sp³-hybridized carbons (Fsp3) is 0.500. The minimum atomic E-state index is 0.116. The molecule has 0 unspecified atom stereocenters. The molecule has 1 aliphatic heterocycles. The number of carbonyl (C=O) groups is 1. The van der Waals surface area contributed by atoms with Crippen LogP contribution in [0.2, 0.25) is 0 Å².